The van der Waals surface area contributed by atoms with E-state index in [9.17, 15) is 14.7 Å². The van der Waals surface area contributed by atoms with Gasteiger partial charge in [0.25, 0.3) is 0 Å². The quantitative estimate of drug-likeness (QED) is 0.653. The largest absolute Gasteiger partial charge is 0.550 e. The molecule has 2 saturated heterocycles. The summed E-state index contributed by atoms with van der Waals surface area (Å²) in [6.07, 6.45) is 2.46. The summed E-state index contributed by atoms with van der Waals surface area (Å²) >= 11 is 0. The average molecular weight is 283 g/mol. The molecule has 0 aromatic heterocycles. The van der Waals surface area contributed by atoms with E-state index in [-0.39, 0.29) is 11.8 Å². The number of hydrogen-bond donors (Lipinski definition) is 0. The van der Waals surface area contributed by atoms with Gasteiger partial charge < -0.3 is 19.5 Å². The molecule has 2 aliphatic heterocycles. The number of likely N-dealkylation sites (tertiary alicyclic amines) is 1. The third-order valence-electron chi connectivity index (χ3n) is 4.15. The monoisotopic (exact) mass is 283 g/mol. The Morgan fingerprint density at radius 1 is 1.10 bits per heavy atom. The molecular formula is C14H23N2O4-. The lowest BCUT2D eigenvalue weighted by molar-refractivity contribution is -0.312. The fraction of sp³-hybridized carbons (Fsp3) is 0.857. The fourth-order valence-electron chi connectivity index (χ4n) is 2.80. The first kappa shape index (κ1) is 15.3. The van der Waals surface area contributed by atoms with E-state index < -0.39 is 5.97 Å². The molecule has 0 aromatic rings. The van der Waals surface area contributed by atoms with Crippen LogP contribution in [0.2, 0.25) is 0 Å². The van der Waals surface area contributed by atoms with E-state index in [1.807, 2.05) is 0 Å². The van der Waals surface area contributed by atoms with Crippen molar-refractivity contribution >= 4 is 11.9 Å². The van der Waals surface area contributed by atoms with Crippen LogP contribution in [0.3, 0.4) is 0 Å². The zero-order valence-corrected chi connectivity index (χ0v) is 11.9. The molecule has 0 atom stereocenters. The van der Waals surface area contributed by atoms with Crippen molar-refractivity contribution in [3.63, 3.8) is 0 Å². The maximum absolute atomic E-state index is 12.0. The van der Waals surface area contributed by atoms with Gasteiger partial charge in [-0.05, 0) is 25.8 Å². The van der Waals surface area contributed by atoms with Crippen molar-refractivity contribution in [3.8, 4) is 0 Å². The number of aliphatic carboxylic acids is 1. The summed E-state index contributed by atoms with van der Waals surface area (Å²) in [5.41, 5.74) is 0. The van der Waals surface area contributed by atoms with Crippen LogP contribution in [0.25, 0.3) is 0 Å². The molecule has 114 valence electrons. The van der Waals surface area contributed by atoms with Crippen LogP contribution in [0.1, 0.15) is 25.7 Å². The smallest absolute Gasteiger partial charge is 0.222 e. The Kier molecular flexibility index (Phi) is 5.79. The maximum Gasteiger partial charge on any atom is 0.222 e. The SMILES string of the molecule is O=C([O-])C1CCN(C(=O)CCCN2CCOCC2)CC1. The van der Waals surface area contributed by atoms with Gasteiger partial charge in [-0.15, -0.1) is 0 Å². The number of ether oxygens (including phenoxy) is 1. The number of carbonyl (C=O) groups is 2. The van der Waals surface area contributed by atoms with E-state index in [1.165, 1.54) is 0 Å². The fourth-order valence-corrected chi connectivity index (χ4v) is 2.80. The summed E-state index contributed by atoms with van der Waals surface area (Å²) in [5, 5.41) is 10.7. The normalized spacial score (nSPS) is 21.9. The highest BCUT2D eigenvalue weighted by atomic mass is 16.5. The highest BCUT2D eigenvalue weighted by Gasteiger charge is 2.23. The first-order chi connectivity index (χ1) is 9.66. The topological polar surface area (TPSA) is 72.9 Å². The van der Waals surface area contributed by atoms with Crippen molar-refractivity contribution in [2.75, 3.05) is 45.9 Å². The zero-order valence-electron chi connectivity index (χ0n) is 11.9. The molecule has 0 bridgehead atoms. The first-order valence-electron chi connectivity index (χ1n) is 7.45. The van der Waals surface area contributed by atoms with Gasteiger partial charge in [-0.2, -0.15) is 0 Å². The minimum Gasteiger partial charge on any atom is -0.550 e. The lowest BCUT2D eigenvalue weighted by Gasteiger charge is -2.32. The van der Waals surface area contributed by atoms with Gasteiger partial charge >= 0.3 is 0 Å². The Bertz CT molecular complexity index is 334. The van der Waals surface area contributed by atoms with Crippen LogP contribution < -0.4 is 5.11 Å². The highest BCUT2D eigenvalue weighted by Crippen LogP contribution is 2.17. The third-order valence-corrected chi connectivity index (χ3v) is 4.15. The minimum atomic E-state index is -0.982. The number of hydrogen-bond acceptors (Lipinski definition) is 5. The summed E-state index contributed by atoms with van der Waals surface area (Å²) in [4.78, 5) is 26.9. The lowest BCUT2D eigenvalue weighted by atomic mass is 9.97. The molecular weight excluding hydrogens is 260 g/mol. The van der Waals surface area contributed by atoms with Crippen molar-refractivity contribution in [1.82, 2.24) is 9.80 Å². The number of morpholine rings is 1. The van der Waals surface area contributed by atoms with E-state index in [0.717, 1.165) is 39.3 Å². The van der Waals surface area contributed by atoms with Gasteiger partial charge in [0, 0.05) is 44.5 Å². The number of rotatable bonds is 5. The molecule has 2 fully saturated rings. The maximum atomic E-state index is 12.0. The molecule has 2 aliphatic rings. The number of carboxylic acids is 1. The predicted molar refractivity (Wildman–Crippen MR) is 70.8 cm³/mol. The van der Waals surface area contributed by atoms with Gasteiger partial charge in [-0.1, -0.05) is 0 Å². The van der Waals surface area contributed by atoms with E-state index in [2.05, 4.69) is 4.90 Å². The molecule has 1 amide bonds. The standard InChI is InChI=1S/C14H24N2O4/c17-13(2-1-5-15-8-10-20-11-9-15)16-6-3-12(4-7-16)14(18)19/h12H,1-11H2,(H,18,19)/p-1. The molecule has 6 heteroatoms. The second-order valence-electron chi connectivity index (χ2n) is 5.53. The summed E-state index contributed by atoms with van der Waals surface area (Å²) in [6, 6.07) is 0. The Morgan fingerprint density at radius 2 is 1.75 bits per heavy atom. The number of carboxylic acid groups (broad SMARTS) is 1. The van der Waals surface area contributed by atoms with Crippen molar-refractivity contribution in [1.29, 1.82) is 0 Å². The molecule has 0 radical (unpaired) electrons. The number of piperidine rings is 1. The molecule has 0 spiro atoms. The van der Waals surface area contributed by atoms with E-state index >= 15 is 0 Å². The predicted octanol–water partition coefficient (Wildman–Crippen LogP) is -0.913. The zero-order chi connectivity index (χ0) is 14.4. The second kappa shape index (κ2) is 7.59. The number of nitrogens with zero attached hydrogens (tertiary/aromatic N) is 2. The van der Waals surface area contributed by atoms with Crippen molar-refractivity contribution < 1.29 is 19.4 Å². The van der Waals surface area contributed by atoms with Crippen molar-refractivity contribution in [2.24, 2.45) is 5.92 Å². The van der Waals surface area contributed by atoms with Crippen LogP contribution in [0, 0.1) is 5.92 Å². The summed E-state index contributed by atoms with van der Waals surface area (Å²) in [6.45, 7) is 5.50. The van der Waals surface area contributed by atoms with Crippen LogP contribution in [-0.2, 0) is 14.3 Å². The Balaban J connectivity index is 1.61. The van der Waals surface area contributed by atoms with Gasteiger partial charge in [0.05, 0.1) is 13.2 Å². The molecule has 6 nitrogen and oxygen atoms in total. The van der Waals surface area contributed by atoms with E-state index in [1.54, 1.807) is 4.90 Å². The van der Waals surface area contributed by atoms with Gasteiger partial charge in [0.2, 0.25) is 5.91 Å². The number of carbonyl (C=O) groups excluding carboxylic acids is 2. The molecule has 0 saturated carbocycles. The second-order valence-corrected chi connectivity index (χ2v) is 5.53. The van der Waals surface area contributed by atoms with Gasteiger partial charge in [-0.25, -0.2) is 0 Å². The van der Waals surface area contributed by atoms with Gasteiger partial charge in [-0.3, -0.25) is 9.69 Å². The molecule has 0 N–H and O–H groups in total. The van der Waals surface area contributed by atoms with Crippen molar-refractivity contribution in [3.05, 3.63) is 0 Å². The Morgan fingerprint density at radius 3 is 2.35 bits per heavy atom. The van der Waals surface area contributed by atoms with Crippen LogP contribution >= 0.6 is 0 Å². The first-order valence-corrected chi connectivity index (χ1v) is 7.45. The summed E-state index contributed by atoms with van der Waals surface area (Å²) in [5.74, 6) is -1.22. The van der Waals surface area contributed by atoms with Crippen LogP contribution in [-0.4, -0.2) is 67.6 Å². The average Bonchev–Trinajstić information content (AvgIpc) is 2.48. The third kappa shape index (κ3) is 4.45. The lowest BCUT2D eigenvalue weighted by Crippen LogP contribution is -2.43. The van der Waals surface area contributed by atoms with Gasteiger partial charge in [0.1, 0.15) is 0 Å². The van der Waals surface area contributed by atoms with E-state index in [4.69, 9.17) is 4.74 Å². The highest BCUT2D eigenvalue weighted by molar-refractivity contribution is 5.76. The van der Waals surface area contributed by atoms with Gasteiger partial charge in [0.15, 0.2) is 0 Å². The van der Waals surface area contributed by atoms with Crippen LogP contribution in [0.15, 0.2) is 0 Å². The van der Waals surface area contributed by atoms with Crippen LogP contribution in [0.4, 0.5) is 0 Å². The summed E-state index contributed by atoms with van der Waals surface area (Å²) in [7, 11) is 0. The summed E-state index contributed by atoms with van der Waals surface area (Å²) < 4.78 is 5.28. The molecule has 20 heavy (non-hydrogen) atoms. The molecule has 2 rings (SSSR count). The molecule has 0 aliphatic carbocycles. The van der Waals surface area contributed by atoms with E-state index in [0.29, 0.717) is 32.4 Å². The molecule has 0 aromatic carbocycles. The van der Waals surface area contributed by atoms with Crippen LogP contribution in [0.5, 0.6) is 0 Å². The Hall–Kier alpha value is -1.14. The number of amides is 1. The minimum absolute atomic E-state index is 0.148. The molecule has 0 unspecified atom stereocenters. The Labute approximate surface area is 119 Å². The molecule has 2 heterocycles. The van der Waals surface area contributed by atoms with Crippen molar-refractivity contribution in [2.45, 2.75) is 25.7 Å².